The van der Waals surface area contributed by atoms with Crippen molar-refractivity contribution in [3.63, 3.8) is 0 Å². The monoisotopic (exact) mass is 714 g/mol. The first kappa shape index (κ1) is 31.9. The second kappa shape index (κ2) is 13.1. The van der Waals surface area contributed by atoms with Gasteiger partial charge in [-0.3, -0.25) is 4.57 Å². The lowest BCUT2D eigenvalue weighted by Crippen LogP contribution is -2.05. The van der Waals surface area contributed by atoms with E-state index in [1.165, 1.54) is 16.3 Å². The van der Waals surface area contributed by atoms with Gasteiger partial charge in [-0.25, -0.2) is 9.97 Å². The van der Waals surface area contributed by atoms with E-state index in [9.17, 15) is 0 Å². The van der Waals surface area contributed by atoms with E-state index in [4.69, 9.17) is 9.97 Å². The minimum atomic E-state index is 0.626. The average molecular weight is 715 g/mol. The van der Waals surface area contributed by atoms with Crippen LogP contribution >= 0.6 is 0 Å². The molecule has 0 amide bonds. The van der Waals surface area contributed by atoms with Crippen LogP contribution in [0, 0.1) is 0 Å². The molecule has 262 valence electrons. The van der Waals surface area contributed by atoms with Crippen LogP contribution in [0.2, 0.25) is 0 Å². The topological polar surface area (TPSA) is 35.6 Å². The second-order valence-corrected chi connectivity index (χ2v) is 14.2. The molecule has 0 N–H and O–H groups in total. The van der Waals surface area contributed by atoms with Crippen molar-refractivity contribution in [1.29, 1.82) is 0 Å². The maximum Gasteiger partial charge on any atom is 0.235 e. The van der Waals surface area contributed by atoms with Gasteiger partial charge in [0.1, 0.15) is 0 Å². The highest BCUT2D eigenvalue weighted by Crippen LogP contribution is 2.47. The zero-order valence-electron chi connectivity index (χ0n) is 30.4. The fourth-order valence-corrected chi connectivity index (χ4v) is 8.51. The van der Waals surface area contributed by atoms with Crippen LogP contribution in [0.25, 0.3) is 100 Å². The predicted octanol–water partition coefficient (Wildman–Crippen LogP) is 13.3. The number of rotatable bonds is 6. The number of hydrogen-bond acceptors (Lipinski definition) is 2. The van der Waals surface area contributed by atoms with Crippen LogP contribution in [0.15, 0.2) is 206 Å². The summed E-state index contributed by atoms with van der Waals surface area (Å²) in [6.07, 6.45) is 0. The number of benzene rings is 8. The summed E-state index contributed by atoms with van der Waals surface area (Å²) in [5.74, 6) is 0.626. The minimum absolute atomic E-state index is 0.626. The van der Waals surface area contributed by atoms with Gasteiger partial charge in [-0.1, -0.05) is 176 Å². The fraction of sp³-hybridized carbons (Fsp3) is 0. The van der Waals surface area contributed by atoms with E-state index in [-0.39, 0.29) is 0 Å². The quantitative estimate of drug-likeness (QED) is 0.172. The van der Waals surface area contributed by atoms with Crippen LogP contribution in [0.5, 0.6) is 0 Å². The molecular weight excluding hydrogens is 681 g/mol. The lowest BCUT2D eigenvalue weighted by Gasteiger charge is -2.18. The molecule has 0 spiro atoms. The number of para-hydroxylation sites is 4. The fourth-order valence-electron chi connectivity index (χ4n) is 8.51. The number of nitrogens with zero attached hydrogens (tertiary/aromatic N) is 4. The Bertz CT molecular complexity index is 3160. The molecule has 0 aliphatic heterocycles. The van der Waals surface area contributed by atoms with Gasteiger partial charge >= 0.3 is 0 Å². The van der Waals surface area contributed by atoms with Gasteiger partial charge in [-0.2, -0.15) is 0 Å². The molecule has 0 bridgehead atoms. The molecule has 0 radical (unpaired) electrons. The largest absolute Gasteiger partial charge is 0.309 e. The summed E-state index contributed by atoms with van der Waals surface area (Å²) in [6.45, 7) is 0. The minimum Gasteiger partial charge on any atom is -0.309 e. The van der Waals surface area contributed by atoms with Gasteiger partial charge in [0.15, 0.2) is 0 Å². The molecule has 0 unspecified atom stereocenters. The van der Waals surface area contributed by atoms with Crippen molar-refractivity contribution in [2.75, 3.05) is 0 Å². The predicted molar refractivity (Wildman–Crippen MR) is 232 cm³/mol. The molecule has 4 heteroatoms. The summed E-state index contributed by atoms with van der Waals surface area (Å²) >= 11 is 0. The van der Waals surface area contributed by atoms with Crippen molar-refractivity contribution in [2.24, 2.45) is 0 Å². The first-order valence-electron chi connectivity index (χ1n) is 19.0. The van der Waals surface area contributed by atoms with E-state index in [0.717, 1.165) is 77.8 Å². The summed E-state index contributed by atoms with van der Waals surface area (Å²) in [4.78, 5) is 10.8. The molecule has 0 fully saturated rings. The molecule has 11 rings (SSSR count). The third-order valence-electron chi connectivity index (χ3n) is 11.0. The van der Waals surface area contributed by atoms with Crippen LogP contribution in [0.3, 0.4) is 0 Å². The van der Waals surface area contributed by atoms with Crippen molar-refractivity contribution >= 4 is 43.6 Å². The summed E-state index contributed by atoms with van der Waals surface area (Å²) in [5, 5.41) is 4.71. The average Bonchev–Trinajstić information content (AvgIpc) is 3.80. The summed E-state index contributed by atoms with van der Waals surface area (Å²) < 4.78 is 4.74. The highest BCUT2D eigenvalue weighted by molar-refractivity contribution is 6.21. The molecule has 0 saturated carbocycles. The van der Waals surface area contributed by atoms with E-state index in [2.05, 4.69) is 203 Å². The second-order valence-electron chi connectivity index (χ2n) is 14.2. The maximum atomic E-state index is 5.40. The van der Waals surface area contributed by atoms with Crippen molar-refractivity contribution in [3.8, 4) is 56.4 Å². The van der Waals surface area contributed by atoms with Gasteiger partial charge in [-0.05, 0) is 41.5 Å². The molecule has 4 nitrogen and oxygen atoms in total. The van der Waals surface area contributed by atoms with Gasteiger partial charge in [0.05, 0.1) is 33.5 Å². The molecular formula is C52H34N4. The molecule has 0 aliphatic carbocycles. The van der Waals surface area contributed by atoms with E-state index >= 15 is 0 Å². The standard InChI is InChI=1S/C52H34N4/c1-5-18-35(19-6-1)39-32-33-43-41-27-13-15-30-47(41)55(38-24-11-4-12-25-38)51(43)49(39)44-29-17-28-42-40-26-14-16-31-48(40)56(50(42)44)52-53-45(36-20-7-2-8-21-36)34-46(54-52)37-22-9-3-10-23-37/h1-34H. The van der Waals surface area contributed by atoms with Gasteiger partial charge in [0, 0.05) is 49.5 Å². The lowest BCUT2D eigenvalue weighted by atomic mass is 9.91. The van der Waals surface area contributed by atoms with Gasteiger partial charge in [0.2, 0.25) is 5.95 Å². The van der Waals surface area contributed by atoms with Crippen LogP contribution in [0.4, 0.5) is 0 Å². The number of aromatic nitrogens is 4. The third-order valence-corrected chi connectivity index (χ3v) is 11.0. The first-order valence-corrected chi connectivity index (χ1v) is 19.0. The number of hydrogen-bond donors (Lipinski definition) is 0. The van der Waals surface area contributed by atoms with Gasteiger partial charge in [0.25, 0.3) is 0 Å². The Hall–Kier alpha value is -7.56. The van der Waals surface area contributed by atoms with E-state index in [0.29, 0.717) is 5.95 Å². The summed E-state index contributed by atoms with van der Waals surface area (Å²) in [5.41, 5.74) is 14.0. The van der Waals surface area contributed by atoms with Crippen LogP contribution < -0.4 is 0 Å². The Labute approximate surface area is 324 Å². The molecule has 3 aromatic heterocycles. The maximum absolute atomic E-state index is 5.40. The molecule has 3 heterocycles. The smallest absolute Gasteiger partial charge is 0.235 e. The van der Waals surface area contributed by atoms with Gasteiger partial charge < -0.3 is 4.57 Å². The summed E-state index contributed by atoms with van der Waals surface area (Å²) in [6, 6.07) is 73.2. The zero-order chi connectivity index (χ0) is 37.0. The Morgan fingerprint density at radius 3 is 1.41 bits per heavy atom. The molecule has 0 atom stereocenters. The van der Waals surface area contributed by atoms with Crippen molar-refractivity contribution in [3.05, 3.63) is 206 Å². The zero-order valence-corrected chi connectivity index (χ0v) is 30.4. The van der Waals surface area contributed by atoms with E-state index < -0.39 is 0 Å². The number of fused-ring (bicyclic) bond motifs is 6. The Kier molecular flexibility index (Phi) is 7.46. The SMILES string of the molecule is c1ccc(-c2cc(-c3ccccc3)nc(-n3c4ccccc4c4cccc(-c5c(-c6ccccc6)ccc6c7ccccc7n(-c7ccccc7)c56)c43)n2)cc1. The van der Waals surface area contributed by atoms with Crippen LogP contribution in [-0.2, 0) is 0 Å². The highest BCUT2D eigenvalue weighted by atomic mass is 15.2. The normalized spacial score (nSPS) is 11.6. The third kappa shape index (κ3) is 5.08. The Morgan fingerprint density at radius 2 is 0.804 bits per heavy atom. The first-order chi connectivity index (χ1) is 27.8. The molecule has 0 saturated heterocycles. The Balaban J connectivity index is 1.32. The van der Waals surface area contributed by atoms with Crippen molar-refractivity contribution < 1.29 is 0 Å². The van der Waals surface area contributed by atoms with Crippen molar-refractivity contribution in [2.45, 2.75) is 0 Å². The molecule has 0 aliphatic rings. The highest BCUT2D eigenvalue weighted by Gasteiger charge is 2.25. The molecule has 11 aromatic rings. The van der Waals surface area contributed by atoms with E-state index in [1.54, 1.807) is 0 Å². The van der Waals surface area contributed by atoms with Crippen molar-refractivity contribution in [1.82, 2.24) is 19.1 Å². The van der Waals surface area contributed by atoms with Gasteiger partial charge in [-0.15, -0.1) is 0 Å². The molecule has 56 heavy (non-hydrogen) atoms. The van der Waals surface area contributed by atoms with Crippen LogP contribution in [-0.4, -0.2) is 19.1 Å². The lowest BCUT2D eigenvalue weighted by molar-refractivity contribution is 0.996. The van der Waals surface area contributed by atoms with E-state index in [1.807, 2.05) is 12.1 Å². The van der Waals surface area contributed by atoms with Crippen LogP contribution in [0.1, 0.15) is 0 Å². The molecule has 8 aromatic carbocycles. The Morgan fingerprint density at radius 1 is 0.321 bits per heavy atom. The summed E-state index contributed by atoms with van der Waals surface area (Å²) in [7, 11) is 0.